The zero-order valence-corrected chi connectivity index (χ0v) is 14.6. The van der Waals surface area contributed by atoms with Crippen LogP contribution in [0.3, 0.4) is 0 Å². The smallest absolute Gasteiger partial charge is 0.128 e. The lowest BCUT2D eigenvalue weighted by Crippen LogP contribution is -2.35. The number of hydrogen-bond acceptors (Lipinski definition) is 5. The van der Waals surface area contributed by atoms with Crippen LogP contribution in [0, 0.1) is 0 Å². The summed E-state index contributed by atoms with van der Waals surface area (Å²) < 4.78 is 2.07. The normalized spacial score (nSPS) is 20.0. The second kappa shape index (κ2) is 7.07. The van der Waals surface area contributed by atoms with Gasteiger partial charge in [-0.15, -0.1) is 5.10 Å². The van der Waals surface area contributed by atoms with Crippen molar-refractivity contribution in [1.82, 2.24) is 24.9 Å². The molecule has 2 aliphatic heterocycles. The monoisotopic (exact) mass is 346 g/mol. The molecule has 4 heterocycles. The number of likely N-dealkylation sites (tertiary alicyclic amines) is 1. The van der Waals surface area contributed by atoms with Crippen LogP contribution in [-0.2, 0) is 6.54 Å². The minimum Gasteiger partial charge on any atom is -0.356 e. The summed E-state index contributed by atoms with van der Waals surface area (Å²) in [5.74, 6) is 1.01. The first-order valence-electron chi connectivity index (χ1n) is 8.77. The number of rotatable bonds is 4. The molecule has 6 nitrogen and oxygen atoms in total. The van der Waals surface area contributed by atoms with Gasteiger partial charge in [0.1, 0.15) is 5.82 Å². The predicted molar refractivity (Wildman–Crippen MR) is 94.3 cm³/mol. The lowest BCUT2D eigenvalue weighted by Gasteiger charge is -2.32. The van der Waals surface area contributed by atoms with E-state index >= 15 is 0 Å². The summed E-state index contributed by atoms with van der Waals surface area (Å²) in [6, 6.07) is 4.33. The highest BCUT2D eigenvalue weighted by Gasteiger charge is 2.23. The highest BCUT2D eigenvalue weighted by atomic mass is 35.5. The molecule has 0 bridgehead atoms. The van der Waals surface area contributed by atoms with Gasteiger partial charge in [-0.3, -0.25) is 4.90 Å². The summed E-state index contributed by atoms with van der Waals surface area (Å²) >= 11 is 5.91. The number of anilines is 1. The van der Waals surface area contributed by atoms with Gasteiger partial charge in [0, 0.05) is 25.8 Å². The fourth-order valence-electron chi connectivity index (χ4n) is 3.65. The molecule has 0 radical (unpaired) electrons. The fourth-order valence-corrected chi connectivity index (χ4v) is 3.76. The minimum absolute atomic E-state index is 0.438. The molecule has 0 atom stereocenters. The summed E-state index contributed by atoms with van der Waals surface area (Å²) in [5.41, 5.74) is 1.10. The molecule has 0 amide bonds. The van der Waals surface area contributed by atoms with Gasteiger partial charge in [0.25, 0.3) is 0 Å². The van der Waals surface area contributed by atoms with Crippen molar-refractivity contribution in [2.75, 3.05) is 31.1 Å². The van der Waals surface area contributed by atoms with Crippen LogP contribution in [0.25, 0.3) is 0 Å². The lowest BCUT2D eigenvalue weighted by molar-refractivity contribution is 0.327. The molecule has 2 aromatic heterocycles. The van der Waals surface area contributed by atoms with Crippen molar-refractivity contribution >= 4 is 17.4 Å². The number of aromatic nitrogens is 4. The molecule has 7 heteroatoms. The van der Waals surface area contributed by atoms with Gasteiger partial charge in [0.15, 0.2) is 0 Å². The van der Waals surface area contributed by atoms with Gasteiger partial charge in [-0.1, -0.05) is 16.8 Å². The minimum atomic E-state index is 0.438. The number of nitrogens with zero attached hydrogens (tertiary/aromatic N) is 6. The average molecular weight is 347 g/mol. The zero-order chi connectivity index (χ0) is 16.4. The Bertz CT molecular complexity index is 656. The quantitative estimate of drug-likeness (QED) is 0.852. The van der Waals surface area contributed by atoms with Crippen molar-refractivity contribution in [3.05, 3.63) is 35.2 Å². The van der Waals surface area contributed by atoms with Crippen LogP contribution in [0.15, 0.2) is 24.5 Å². The number of piperidine rings is 1. The van der Waals surface area contributed by atoms with Gasteiger partial charge in [-0.05, 0) is 50.9 Å². The Kier molecular flexibility index (Phi) is 4.67. The first kappa shape index (κ1) is 15.8. The first-order chi connectivity index (χ1) is 11.8. The van der Waals surface area contributed by atoms with Gasteiger partial charge < -0.3 is 4.90 Å². The van der Waals surface area contributed by atoms with Crippen LogP contribution in [-0.4, -0.2) is 51.1 Å². The van der Waals surface area contributed by atoms with Crippen LogP contribution >= 0.6 is 11.6 Å². The summed E-state index contributed by atoms with van der Waals surface area (Å²) in [5, 5.41) is 9.43. The molecule has 0 spiro atoms. The van der Waals surface area contributed by atoms with E-state index in [1.54, 1.807) is 6.20 Å². The Balaban J connectivity index is 1.34. The predicted octanol–water partition coefficient (Wildman–Crippen LogP) is 2.76. The van der Waals surface area contributed by atoms with Gasteiger partial charge in [-0.25, -0.2) is 9.67 Å². The van der Waals surface area contributed by atoms with E-state index in [4.69, 9.17) is 11.6 Å². The Morgan fingerprint density at radius 3 is 2.58 bits per heavy atom. The SMILES string of the molecule is Clc1ccc(N2CCC(n3cc(CN4CCCC4)nn3)CC2)nc1. The van der Waals surface area contributed by atoms with Crippen molar-refractivity contribution in [2.45, 2.75) is 38.3 Å². The maximum atomic E-state index is 5.91. The van der Waals surface area contributed by atoms with Crippen LogP contribution in [0.2, 0.25) is 5.02 Å². The van der Waals surface area contributed by atoms with Crippen molar-refractivity contribution in [3.8, 4) is 0 Å². The van der Waals surface area contributed by atoms with E-state index in [1.165, 1.54) is 25.9 Å². The third-order valence-corrected chi connectivity index (χ3v) is 5.24. The summed E-state index contributed by atoms with van der Waals surface area (Å²) in [6.07, 6.45) is 8.61. The van der Waals surface area contributed by atoms with Crippen molar-refractivity contribution in [2.24, 2.45) is 0 Å². The van der Waals surface area contributed by atoms with Crippen LogP contribution < -0.4 is 4.90 Å². The van der Waals surface area contributed by atoms with E-state index in [0.29, 0.717) is 11.1 Å². The highest BCUT2D eigenvalue weighted by molar-refractivity contribution is 6.30. The van der Waals surface area contributed by atoms with E-state index in [9.17, 15) is 0 Å². The number of hydrogen-bond donors (Lipinski definition) is 0. The van der Waals surface area contributed by atoms with Gasteiger partial charge in [-0.2, -0.15) is 0 Å². The van der Waals surface area contributed by atoms with E-state index in [-0.39, 0.29) is 0 Å². The maximum Gasteiger partial charge on any atom is 0.128 e. The van der Waals surface area contributed by atoms with Gasteiger partial charge in [0.05, 0.1) is 23.0 Å². The van der Waals surface area contributed by atoms with Gasteiger partial charge >= 0.3 is 0 Å². The summed E-state index contributed by atoms with van der Waals surface area (Å²) in [7, 11) is 0. The van der Waals surface area contributed by atoms with Crippen LogP contribution in [0.5, 0.6) is 0 Å². The molecule has 24 heavy (non-hydrogen) atoms. The number of halogens is 1. The van der Waals surface area contributed by atoms with Crippen LogP contribution in [0.4, 0.5) is 5.82 Å². The molecule has 2 fully saturated rings. The van der Waals surface area contributed by atoms with Crippen LogP contribution in [0.1, 0.15) is 37.4 Å². The van der Waals surface area contributed by atoms with E-state index in [0.717, 1.165) is 44.0 Å². The van der Waals surface area contributed by atoms with E-state index in [1.807, 2.05) is 12.1 Å². The van der Waals surface area contributed by atoms with Crippen molar-refractivity contribution < 1.29 is 0 Å². The third-order valence-electron chi connectivity index (χ3n) is 5.02. The third kappa shape index (κ3) is 3.54. The number of pyridine rings is 1. The molecule has 4 rings (SSSR count). The average Bonchev–Trinajstić information content (AvgIpc) is 3.28. The molecule has 2 aromatic rings. The Morgan fingerprint density at radius 2 is 1.88 bits per heavy atom. The second-order valence-corrected chi connectivity index (χ2v) is 7.16. The zero-order valence-electron chi connectivity index (χ0n) is 13.8. The topological polar surface area (TPSA) is 50.1 Å². The Labute approximate surface area is 147 Å². The Morgan fingerprint density at radius 1 is 1.08 bits per heavy atom. The molecule has 0 aromatic carbocycles. The molecular formula is C17H23ClN6. The van der Waals surface area contributed by atoms with Crippen molar-refractivity contribution in [1.29, 1.82) is 0 Å². The molecule has 0 N–H and O–H groups in total. The van der Waals surface area contributed by atoms with E-state index < -0.39 is 0 Å². The molecule has 0 aliphatic carbocycles. The molecule has 0 unspecified atom stereocenters. The lowest BCUT2D eigenvalue weighted by atomic mass is 10.1. The maximum absolute atomic E-state index is 5.91. The molecule has 0 saturated carbocycles. The standard InChI is InChI=1S/C17H23ClN6/c18-14-3-4-17(19-11-14)23-9-5-16(6-10-23)24-13-15(20-21-24)12-22-7-1-2-8-22/h3-4,11,13,16H,1-2,5-10,12H2. The Hall–Kier alpha value is -1.66. The van der Waals surface area contributed by atoms with Gasteiger partial charge in [0.2, 0.25) is 0 Å². The molecule has 2 saturated heterocycles. The highest BCUT2D eigenvalue weighted by Crippen LogP contribution is 2.25. The summed E-state index contributed by atoms with van der Waals surface area (Å²) in [6.45, 7) is 5.30. The molecular weight excluding hydrogens is 324 g/mol. The first-order valence-corrected chi connectivity index (χ1v) is 9.15. The summed E-state index contributed by atoms with van der Waals surface area (Å²) in [4.78, 5) is 9.19. The second-order valence-electron chi connectivity index (χ2n) is 6.73. The fraction of sp³-hybridized carbons (Fsp3) is 0.588. The molecule has 2 aliphatic rings. The molecule has 128 valence electrons. The van der Waals surface area contributed by atoms with Crippen molar-refractivity contribution in [3.63, 3.8) is 0 Å². The largest absolute Gasteiger partial charge is 0.356 e. The van der Waals surface area contributed by atoms with E-state index in [2.05, 4.69) is 36.0 Å².